The van der Waals surface area contributed by atoms with Gasteiger partial charge in [-0.2, -0.15) is 0 Å². The van der Waals surface area contributed by atoms with Gasteiger partial charge in [0.2, 0.25) is 0 Å². The van der Waals surface area contributed by atoms with Crippen molar-refractivity contribution < 1.29 is 23.1 Å². The molecule has 2 aromatic carbocycles. The lowest BCUT2D eigenvalue weighted by atomic mass is 10.0. The van der Waals surface area contributed by atoms with Crippen LogP contribution in [0.1, 0.15) is 39.0 Å². The summed E-state index contributed by atoms with van der Waals surface area (Å²) in [5.74, 6) is -0.988. The molecule has 0 N–H and O–H groups in total. The summed E-state index contributed by atoms with van der Waals surface area (Å²) in [4.78, 5) is 43.6. The molecule has 196 valence electrons. The number of rotatable bonds is 6. The number of pyridine rings is 1. The molecule has 1 aliphatic rings. The third-order valence-corrected chi connectivity index (χ3v) is 6.74. The minimum Gasteiger partial charge on any atom is -0.462 e. The molecule has 0 spiro atoms. The van der Waals surface area contributed by atoms with Gasteiger partial charge >= 0.3 is 5.97 Å². The quantitative estimate of drug-likeness (QED) is 0.356. The van der Waals surface area contributed by atoms with Crippen LogP contribution in [0.15, 0.2) is 70.1 Å². The third kappa shape index (κ3) is 4.79. The fourth-order valence-electron chi connectivity index (χ4n) is 4.89. The van der Waals surface area contributed by atoms with Crippen LogP contribution in [-0.2, 0) is 11.3 Å². The summed E-state index contributed by atoms with van der Waals surface area (Å²) in [6.45, 7) is 5.55. The van der Waals surface area contributed by atoms with Crippen LogP contribution in [-0.4, -0.2) is 54.1 Å². The molecule has 0 bridgehead atoms. The van der Waals surface area contributed by atoms with Crippen molar-refractivity contribution in [2.45, 2.75) is 20.4 Å². The van der Waals surface area contributed by atoms with E-state index in [9.17, 15) is 18.8 Å². The molecule has 0 radical (unpaired) electrons. The first-order valence-corrected chi connectivity index (χ1v) is 12.5. The summed E-state index contributed by atoms with van der Waals surface area (Å²) in [7, 11) is 0. The molecule has 0 saturated carbocycles. The Bertz CT molecular complexity index is 1540. The number of halogens is 1. The van der Waals surface area contributed by atoms with Crippen LogP contribution in [0.4, 0.5) is 10.1 Å². The summed E-state index contributed by atoms with van der Waals surface area (Å²) < 4.78 is 25.6. The molecule has 1 aliphatic heterocycles. The lowest BCUT2D eigenvalue weighted by Gasteiger charge is -2.37. The van der Waals surface area contributed by atoms with Gasteiger partial charge in [-0.05, 0) is 55.8 Å². The summed E-state index contributed by atoms with van der Waals surface area (Å²) >= 11 is 0. The van der Waals surface area contributed by atoms with Gasteiger partial charge < -0.3 is 23.5 Å². The SMILES string of the molecule is CCOC(=O)c1c(N2CCN(C(=O)c3ccco3)CC2)c2cc(C)ccc2n(Cc2ccc(F)cc2)c1=O. The number of amides is 1. The fraction of sp³-hybridized carbons (Fsp3) is 0.276. The van der Waals surface area contributed by atoms with E-state index >= 15 is 0 Å². The Kier molecular flexibility index (Phi) is 7.00. The molecule has 38 heavy (non-hydrogen) atoms. The van der Waals surface area contributed by atoms with E-state index < -0.39 is 11.5 Å². The predicted octanol–water partition coefficient (Wildman–Crippen LogP) is 4.23. The number of ether oxygens (including phenoxy) is 1. The van der Waals surface area contributed by atoms with E-state index in [-0.39, 0.29) is 36.2 Å². The maximum Gasteiger partial charge on any atom is 0.345 e. The number of benzene rings is 2. The number of hydrogen-bond donors (Lipinski definition) is 0. The molecular weight excluding hydrogens is 489 g/mol. The number of nitrogens with zero attached hydrogens (tertiary/aromatic N) is 3. The minimum atomic E-state index is -0.696. The molecule has 0 unspecified atom stereocenters. The van der Waals surface area contributed by atoms with Crippen molar-refractivity contribution in [3.63, 3.8) is 0 Å². The smallest absolute Gasteiger partial charge is 0.345 e. The van der Waals surface area contributed by atoms with E-state index in [2.05, 4.69) is 0 Å². The van der Waals surface area contributed by atoms with Crippen LogP contribution in [0.5, 0.6) is 0 Å². The van der Waals surface area contributed by atoms with E-state index in [1.54, 1.807) is 36.1 Å². The number of fused-ring (bicyclic) bond motifs is 1. The number of anilines is 1. The molecular formula is C29H28FN3O5. The number of hydrogen-bond acceptors (Lipinski definition) is 6. The van der Waals surface area contributed by atoms with Crippen LogP contribution in [0.3, 0.4) is 0 Å². The summed E-state index contributed by atoms with van der Waals surface area (Å²) in [6.07, 6.45) is 1.46. The Morgan fingerprint density at radius 3 is 2.42 bits per heavy atom. The molecule has 8 nitrogen and oxygen atoms in total. The lowest BCUT2D eigenvalue weighted by molar-refractivity contribution is 0.0523. The van der Waals surface area contributed by atoms with E-state index in [1.165, 1.54) is 23.0 Å². The van der Waals surface area contributed by atoms with Crippen molar-refractivity contribution >= 4 is 28.5 Å². The van der Waals surface area contributed by atoms with Crippen molar-refractivity contribution in [2.75, 3.05) is 37.7 Å². The Balaban J connectivity index is 1.60. The summed E-state index contributed by atoms with van der Waals surface area (Å²) in [5, 5.41) is 0.737. The highest BCUT2D eigenvalue weighted by Crippen LogP contribution is 2.32. The van der Waals surface area contributed by atoms with E-state index in [1.807, 2.05) is 30.0 Å². The van der Waals surface area contributed by atoms with Crippen LogP contribution in [0, 0.1) is 12.7 Å². The number of furan rings is 1. The molecule has 0 atom stereocenters. The molecule has 3 heterocycles. The van der Waals surface area contributed by atoms with Crippen molar-refractivity contribution in [1.82, 2.24) is 9.47 Å². The van der Waals surface area contributed by atoms with Crippen LogP contribution >= 0.6 is 0 Å². The maximum absolute atomic E-state index is 13.9. The number of esters is 1. The maximum atomic E-state index is 13.9. The molecule has 9 heteroatoms. The first-order chi connectivity index (χ1) is 18.4. The minimum absolute atomic E-state index is 0.0436. The number of piperazine rings is 1. The first-order valence-electron chi connectivity index (χ1n) is 12.5. The van der Waals surface area contributed by atoms with Gasteiger partial charge in [0.25, 0.3) is 11.5 Å². The average Bonchev–Trinajstić information content (AvgIpc) is 3.46. The van der Waals surface area contributed by atoms with Gasteiger partial charge in [-0.15, -0.1) is 0 Å². The molecule has 4 aromatic rings. The van der Waals surface area contributed by atoms with Gasteiger partial charge in [0, 0.05) is 31.6 Å². The van der Waals surface area contributed by atoms with Crippen molar-refractivity contribution in [2.24, 2.45) is 0 Å². The zero-order valence-corrected chi connectivity index (χ0v) is 21.3. The molecule has 1 amide bonds. The van der Waals surface area contributed by atoms with Gasteiger partial charge in [-0.3, -0.25) is 9.59 Å². The normalized spacial score (nSPS) is 13.7. The number of carbonyl (C=O) groups excluding carboxylic acids is 2. The average molecular weight is 518 g/mol. The first kappa shape index (κ1) is 25.3. The van der Waals surface area contributed by atoms with Gasteiger partial charge in [0.05, 0.1) is 30.6 Å². The number of aryl methyl sites for hydroxylation is 1. The van der Waals surface area contributed by atoms with Crippen molar-refractivity contribution in [3.8, 4) is 0 Å². The molecule has 1 saturated heterocycles. The zero-order valence-electron chi connectivity index (χ0n) is 21.3. The second-order valence-electron chi connectivity index (χ2n) is 9.24. The number of aromatic nitrogens is 1. The highest BCUT2D eigenvalue weighted by molar-refractivity contribution is 6.05. The fourth-order valence-corrected chi connectivity index (χ4v) is 4.89. The second-order valence-corrected chi connectivity index (χ2v) is 9.24. The van der Waals surface area contributed by atoms with Gasteiger partial charge in [-0.1, -0.05) is 23.8 Å². The zero-order chi connectivity index (χ0) is 26.8. The number of carbonyl (C=O) groups is 2. The van der Waals surface area contributed by atoms with Gasteiger partial charge in [0.1, 0.15) is 11.4 Å². The Morgan fingerprint density at radius 2 is 1.76 bits per heavy atom. The summed E-state index contributed by atoms with van der Waals surface area (Å²) in [6, 6.07) is 15.0. The topological polar surface area (TPSA) is 85.0 Å². The summed E-state index contributed by atoms with van der Waals surface area (Å²) in [5.41, 5.74) is 2.33. The Morgan fingerprint density at radius 1 is 1.03 bits per heavy atom. The van der Waals surface area contributed by atoms with E-state index in [0.717, 1.165) is 16.5 Å². The molecule has 0 aliphatic carbocycles. The van der Waals surface area contributed by atoms with Crippen molar-refractivity contribution in [1.29, 1.82) is 0 Å². The Hall–Kier alpha value is -4.40. The highest BCUT2D eigenvalue weighted by Gasteiger charge is 2.31. The van der Waals surface area contributed by atoms with E-state index in [4.69, 9.17) is 9.15 Å². The van der Waals surface area contributed by atoms with Crippen molar-refractivity contribution in [3.05, 3.63) is 99.5 Å². The van der Waals surface area contributed by atoms with Gasteiger partial charge in [0.15, 0.2) is 5.76 Å². The van der Waals surface area contributed by atoms with E-state index in [0.29, 0.717) is 37.4 Å². The standard InChI is InChI=1S/C29H28FN3O5/c1-3-37-29(36)25-26(31-12-14-32(15-13-31)27(34)24-5-4-16-38-24)22-17-19(2)6-11-23(22)33(28(25)35)18-20-7-9-21(30)10-8-20/h4-11,16-17H,3,12-15,18H2,1-2H3. The van der Waals surface area contributed by atoms with Crippen LogP contribution < -0.4 is 10.5 Å². The molecule has 1 fully saturated rings. The molecule has 5 rings (SSSR count). The second kappa shape index (κ2) is 10.5. The predicted molar refractivity (Wildman–Crippen MR) is 141 cm³/mol. The van der Waals surface area contributed by atoms with Crippen LogP contribution in [0.25, 0.3) is 10.9 Å². The largest absolute Gasteiger partial charge is 0.462 e. The monoisotopic (exact) mass is 517 g/mol. The molecule has 2 aromatic heterocycles. The van der Waals surface area contributed by atoms with Gasteiger partial charge in [-0.25, -0.2) is 9.18 Å². The third-order valence-electron chi connectivity index (χ3n) is 6.74. The van der Waals surface area contributed by atoms with Crippen LogP contribution in [0.2, 0.25) is 0 Å². The Labute approximate surface area is 218 Å². The lowest BCUT2D eigenvalue weighted by Crippen LogP contribution is -2.49. The highest BCUT2D eigenvalue weighted by atomic mass is 19.1.